The lowest BCUT2D eigenvalue weighted by Gasteiger charge is -2.29. The van der Waals surface area contributed by atoms with Crippen molar-refractivity contribution in [2.75, 3.05) is 41.5 Å². The lowest BCUT2D eigenvalue weighted by atomic mass is 9.97. The van der Waals surface area contributed by atoms with Gasteiger partial charge < -0.3 is 49.3 Å². The number of nitrogens with one attached hydrogen (secondary N) is 4. The van der Waals surface area contributed by atoms with E-state index < -0.39 is 24.3 Å². The van der Waals surface area contributed by atoms with Crippen LogP contribution >= 0.6 is 0 Å². The van der Waals surface area contributed by atoms with E-state index in [1.165, 1.54) is 14.2 Å². The molecule has 2 aliphatic heterocycles. The maximum atomic E-state index is 13.7. The third-order valence-electron chi connectivity index (χ3n) is 11.6. The summed E-state index contributed by atoms with van der Waals surface area (Å²) >= 11 is 0. The van der Waals surface area contributed by atoms with Crippen LogP contribution in [0.3, 0.4) is 0 Å². The zero-order valence-electron chi connectivity index (χ0n) is 35.4. The maximum absolute atomic E-state index is 13.7. The molecule has 0 bridgehead atoms. The molecule has 16 heteroatoms. The molecule has 0 saturated carbocycles. The van der Waals surface area contributed by atoms with Crippen molar-refractivity contribution < 1.29 is 38.1 Å². The molecule has 0 unspecified atom stereocenters. The number of fused-ring (bicyclic) bond motifs is 2. The molecule has 7 rings (SSSR count). The standard InChI is InChI=1S/C44H54N8O8/c1-23(2)35(49-43(55)59-7)41(53)51-19-9-11-33(51)39-45-29-17-13-25(21-31(29)47-39)27-15-16-28(38(58-6)37(27)57-5)26-14-18-30-32(22-26)48-40(46-30)34-12-10-20-52(34)42(54)36(24(3)4)50-44(56)60-8/h13-18,21-24,33-36H,9-12,19-20H2,1-8H3,(H,45,47)(H,46,48)(H,49,55)(H,50,56)/t33-,34-,35-,36-/m0/s1. The van der Waals surface area contributed by atoms with Crippen molar-refractivity contribution in [1.82, 2.24) is 40.4 Å². The van der Waals surface area contributed by atoms with Crippen LogP contribution < -0.4 is 20.1 Å². The number of benzene rings is 3. The van der Waals surface area contributed by atoms with Gasteiger partial charge >= 0.3 is 12.2 Å². The fourth-order valence-corrected chi connectivity index (χ4v) is 8.51. The number of likely N-dealkylation sites (tertiary alicyclic amines) is 2. The van der Waals surface area contributed by atoms with Crippen molar-refractivity contribution in [3.63, 3.8) is 0 Å². The molecule has 4 atom stereocenters. The molecule has 0 aliphatic carbocycles. The first-order valence-electron chi connectivity index (χ1n) is 20.4. The molecular weight excluding hydrogens is 769 g/mol. The van der Waals surface area contributed by atoms with Gasteiger partial charge in [-0.15, -0.1) is 0 Å². The van der Waals surface area contributed by atoms with Gasteiger partial charge in [0, 0.05) is 24.2 Å². The first-order valence-corrected chi connectivity index (χ1v) is 20.4. The number of aromatic amines is 2. The van der Waals surface area contributed by atoms with Gasteiger partial charge in [0.15, 0.2) is 11.5 Å². The quantitative estimate of drug-likeness (QED) is 0.103. The van der Waals surface area contributed by atoms with Gasteiger partial charge in [-0.25, -0.2) is 19.6 Å². The van der Waals surface area contributed by atoms with Crippen molar-refractivity contribution in [2.45, 2.75) is 77.5 Å². The molecule has 2 fully saturated rings. The van der Waals surface area contributed by atoms with Crippen LogP contribution in [0.5, 0.6) is 11.5 Å². The lowest BCUT2D eigenvalue weighted by Crippen LogP contribution is -2.51. The summed E-state index contributed by atoms with van der Waals surface area (Å²) in [5.74, 6) is 1.89. The van der Waals surface area contributed by atoms with E-state index in [-0.39, 0.29) is 35.7 Å². The Hall–Kier alpha value is -6.32. The van der Waals surface area contributed by atoms with Crippen LogP contribution in [0, 0.1) is 11.8 Å². The molecule has 4 amide bonds. The number of H-pyrrole nitrogens is 2. The Labute approximate surface area is 348 Å². The minimum Gasteiger partial charge on any atom is -0.492 e. The van der Waals surface area contributed by atoms with Crippen LogP contribution in [-0.2, 0) is 19.1 Å². The number of carbonyl (C=O) groups is 4. The molecular formula is C44H54N8O8. The number of methoxy groups -OCH3 is 4. The molecule has 3 aromatic carbocycles. The largest absolute Gasteiger partial charge is 0.492 e. The molecule has 2 aromatic heterocycles. The lowest BCUT2D eigenvalue weighted by molar-refractivity contribution is -0.136. The fraction of sp³-hybridized carbons (Fsp3) is 0.455. The van der Waals surface area contributed by atoms with Crippen LogP contribution in [0.15, 0.2) is 48.5 Å². The molecule has 16 nitrogen and oxygen atoms in total. The van der Waals surface area contributed by atoms with E-state index in [0.717, 1.165) is 70.0 Å². The zero-order chi connectivity index (χ0) is 42.8. The summed E-state index contributed by atoms with van der Waals surface area (Å²) in [7, 11) is 5.80. The Balaban J connectivity index is 1.15. The van der Waals surface area contributed by atoms with Gasteiger partial charge in [0.25, 0.3) is 0 Å². The smallest absolute Gasteiger partial charge is 0.407 e. The Bertz CT molecular complexity index is 2240. The number of alkyl carbamates (subject to hydrolysis) is 2. The van der Waals surface area contributed by atoms with Crippen LogP contribution in [0.2, 0.25) is 0 Å². The van der Waals surface area contributed by atoms with Gasteiger partial charge in [0.2, 0.25) is 11.8 Å². The predicted molar refractivity (Wildman–Crippen MR) is 225 cm³/mol. The van der Waals surface area contributed by atoms with Crippen molar-refractivity contribution >= 4 is 46.1 Å². The van der Waals surface area contributed by atoms with E-state index >= 15 is 0 Å². The van der Waals surface area contributed by atoms with Crippen LogP contribution in [0.25, 0.3) is 44.3 Å². The summed E-state index contributed by atoms with van der Waals surface area (Å²) in [4.78, 5) is 71.9. The molecule has 60 heavy (non-hydrogen) atoms. The molecule has 0 radical (unpaired) electrons. The molecule has 2 aliphatic rings. The maximum Gasteiger partial charge on any atom is 0.407 e. The minimum atomic E-state index is -0.722. The number of rotatable bonds is 12. The van der Waals surface area contributed by atoms with Crippen LogP contribution in [0.4, 0.5) is 9.59 Å². The summed E-state index contributed by atoms with van der Waals surface area (Å²) in [6.45, 7) is 8.70. The average molecular weight is 823 g/mol. The molecule has 0 spiro atoms. The first-order chi connectivity index (χ1) is 28.9. The van der Waals surface area contributed by atoms with Gasteiger partial charge in [-0.2, -0.15) is 0 Å². The predicted octanol–water partition coefficient (Wildman–Crippen LogP) is 6.88. The third kappa shape index (κ3) is 8.02. The number of imidazole rings is 2. The van der Waals surface area contributed by atoms with Crippen LogP contribution in [0.1, 0.15) is 77.1 Å². The third-order valence-corrected chi connectivity index (χ3v) is 11.6. The topological polar surface area (TPSA) is 193 Å². The summed E-state index contributed by atoms with van der Waals surface area (Å²) in [6, 6.07) is 13.9. The summed E-state index contributed by atoms with van der Waals surface area (Å²) < 4.78 is 21.6. The highest BCUT2D eigenvalue weighted by Gasteiger charge is 2.39. The Morgan fingerprint density at radius 1 is 0.633 bits per heavy atom. The van der Waals surface area contributed by atoms with Gasteiger partial charge in [-0.3, -0.25) is 9.59 Å². The zero-order valence-corrected chi connectivity index (χ0v) is 35.4. The second-order valence-corrected chi connectivity index (χ2v) is 16.0. The molecule has 4 heterocycles. The van der Waals surface area contributed by atoms with Gasteiger partial charge in [-0.05, 0) is 85.0 Å². The number of aromatic nitrogens is 4. The van der Waals surface area contributed by atoms with Gasteiger partial charge in [0.1, 0.15) is 23.7 Å². The fourth-order valence-electron chi connectivity index (χ4n) is 8.51. The van der Waals surface area contributed by atoms with E-state index in [2.05, 4.69) is 20.6 Å². The number of ether oxygens (including phenoxy) is 4. The van der Waals surface area contributed by atoms with E-state index in [1.54, 1.807) is 24.0 Å². The average Bonchev–Trinajstić information content (AvgIpc) is 4.08. The van der Waals surface area contributed by atoms with E-state index in [0.29, 0.717) is 36.2 Å². The van der Waals surface area contributed by atoms with Gasteiger partial charge in [-0.1, -0.05) is 39.8 Å². The number of hydrogen-bond acceptors (Lipinski definition) is 10. The number of amides is 4. The Kier molecular flexibility index (Phi) is 12.2. The second-order valence-electron chi connectivity index (χ2n) is 16.0. The van der Waals surface area contributed by atoms with Crippen molar-refractivity contribution in [1.29, 1.82) is 0 Å². The second kappa shape index (κ2) is 17.5. The SMILES string of the molecule is COC(=O)N[C@H](C(=O)N1CCC[C@H]1c1nc2cc(-c3ccc(-c4ccc5nc([C@@H]6CCCN6C(=O)[C@@H](NC(=O)OC)C(C)C)[nH]c5c4)c(OC)c3OC)ccc2[nH]1)C(C)C. The van der Waals surface area contributed by atoms with Crippen LogP contribution in [-0.4, -0.2) is 107 Å². The van der Waals surface area contributed by atoms with Crippen molar-refractivity contribution in [3.05, 3.63) is 60.2 Å². The monoisotopic (exact) mass is 822 g/mol. The molecule has 4 N–H and O–H groups in total. The molecule has 5 aromatic rings. The van der Waals surface area contributed by atoms with E-state index in [4.69, 9.17) is 28.9 Å². The molecule has 2 saturated heterocycles. The van der Waals surface area contributed by atoms with Crippen molar-refractivity contribution in [3.8, 4) is 33.8 Å². The summed E-state index contributed by atoms with van der Waals surface area (Å²) in [5.41, 5.74) is 6.52. The molecule has 318 valence electrons. The summed E-state index contributed by atoms with van der Waals surface area (Å²) in [5, 5.41) is 5.41. The van der Waals surface area contributed by atoms with Crippen molar-refractivity contribution in [2.24, 2.45) is 11.8 Å². The Morgan fingerprint density at radius 2 is 1.10 bits per heavy atom. The number of nitrogens with zero attached hydrogens (tertiary/aromatic N) is 4. The number of hydrogen-bond donors (Lipinski definition) is 4. The highest BCUT2D eigenvalue weighted by molar-refractivity contribution is 5.91. The number of carbonyl (C=O) groups excluding carboxylic acids is 4. The normalized spacial score (nSPS) is 17.6. The highest BCUT2D eigenvalue weighted by atomic mass is 16.5. The van der Waals surface area contributed by atoms with E-state index in [1.807, 2.05) is 76.2 Å². The highest BCUT2D eigenvalue weighted by Crippen LogP contribution is 2.46. The van der Waals surface area contributed by atoms with E-state index in [9.17, 15) is 19.2 Å². The Morgan fingerprint density at radius 3 is 1.58 bits per heavy atom. The minimum absolute atomic E-state index is 0.134. The first kappa shape index (κ1) is 41.8. The van der Waals surface area contributed by atoms with Gasteiger partial charge in [0.05, 0.1) is 62.6 Å². The summed E-state index contributed by atoms with van der Waals surface area (Å²) in [6.07, 6.45) is 1.84.